The number of benzene rings is 1. The number of nitrogens with zero attached hydrogens (tertiary/aromatic N) is 1. The van der Waals surface area contributed by atoms with Crippen molar-refractivity contribution in [2.75, 3.05) is 20.8 Å². The number of ether oxygens (including phenoxy) is 3. The minimum Gasteiger partial charge on any atom is -0.493 e. The largest absolute Gasteiger partial charge is 0.493 e. The maximum atomic E-state index is 12.7. The predicted octanol–water partition coefficient (Wildman–Crippen LogP) is 4.08. The van der Waals surface area contributed by atoms with E-state index in [2.05, 4.69) is 18.4 Å². The molecule has 0 N–H and O–H groups in total. The third-order valence-electron chi connectivity index (χ3n) is 5.06. The van der Waals surface area contributed by atoms with Crippen molar-refractivity contribution >= 4 is 5.97 Å². The first-order valence-corrected chi connectivity index (χ1v) is 8.58. The number of carbonyl (C=O) groups is 1. The van der Waals surface area contributed by atoms with Gasteiger partial charge in [-0.05, 0) is 57.4 Å². The van der Waals surface area contributed by atoms with Gasteiger partial charge in [0.15, 0.2) is 11.5 Å². The molecule has 0 saturated carbocycles. The zero-order chi connectivity index (χ0) is 18.3. The van der Waals surface area contributed by atoms with Crippen LogP contribution >= 0.6 is 0 Å². The molecule has 3 rings (SSSR count). The Labute approximate surface area is 148 Å². The number of hydrogen-bond donors (Lipinski definition) is 0. The highest BCUT2D eigenvalue weighted by molar-refractivity contribution is 5.99. The number of carbonyl (C=O) groups excluding carboxylic acids is 1. The zero-order valence-electron chi connectivity index (χ0n) is 15.7. The molecule has 0 saturated heterocycles. The predicted molar refractivity (Wildman–Crippen MR) is 96.8 cm³/mol. The van der Waals surface area contributed by atoms with Crippen LogP contribution in [0, 0.1) is 13.8 Å². The molecule has 0 spiro atoms. The zero-order valence-corrected chi connectivity index (χ0v) is 15.7. The Bertz CT molecular complexity index is 835. The minimum atomic E-state index is -0.272. The van der Waals surface area contributed by atoms with E-state index in [0.717, 1.165) is 34.5 Å². The van der Waals surface area contributed by atoms with E-state index in [1.165, 1.54) is 0 Å². The molecule has 1 aromatic heterocycles. The van der Waals surface area contributed by atoms with Gasteiger partial charge in [-0.1, -0.05) is 0 Å². The molecule has 0 fully saturated rings. The van der Waals surface area contributed by atoms with E-state index in [-0.39, 0.29) is 12.0 Å². The topological polar surface area (TPSA) is 49.7 Å². The molecule has 2 aromatic rings. The van der Waals surface area contributed by atoms with E-state index in [1.54, 1.807) is 14.2 Å². The molecule has 5 heteroatoms. The number of esters is 1. The smallest absolute Gasteiger partial charge is 0.340 e. The molecule has 134 valence electrons. The summed E-state index contributed by atoms with van der Waals surface area (Å²) in [5, 5.41) is 0. The number of rotatable bonds is 4. The van der Waals surface area contributed by atoms with Crippen LogP contribution in [-0.4, -0.2) is 31.4 Å². The highest BCUT2D eigenvalue weighted by Gasteiger charge is 2.32. The van der Waals surface area contributed by atoms with E-state index in [1.807, 2.05) is 26.0 Å². The Balaban J connectivity index is 2.32. The van der Waals surface area contributed by atoms with Crippen LogP contribution in [0.15, 0.2) is 12.1 Å². The molecule has 5 nitrogen and oxygen atoms in total. The lowest BCUT2D eigenvalue weighted by Crippen LogP contribution is -2.18. The second-order valence-electron chi connectivity index (χ2n) is 6.44. The Morgan fingerprint density at radius 1 is 1.20 bits per heavy atom. The molecule has 1 aliphatic heterocycles. The van der Waals surface area contributed by atoms with Crippen molar-refractivity contribution in [2.24, 2.45) is 0 Å². The third kappa shape index (κ3) is 2.58. The lowest BCUT2D eigenvalue weighted by Gasteiger charge is -2.28. The van der Waals surface area contributed by atoms with E-state index in [4.69, 9.17) is 14.2 Å². The summed E-state index contributed by atoms with van der Waals surface area (Å²) in [5.74, 6) is 1.10. The van der Waals surface area contributed by atoms with E-state index in [0.29, 0.717) is 23.7 Å². The standard InChI is InChI=1S/C20H25NO4/c1-7-25-20(22)18-12(3)13(4)21-11(2)8-14-9-16(23-5)17(24-6)10-15(14)19(18)21/h9-11H,7-8H2,1-6H3. The molecule has 25 heavy (non-hydrogen) atoms. The van der Waals surface area contributed by atoms with Gasteiger partial charge in [0.05, 0.1) is 32.1 Å². The van der Waals surface area contributed by atoms with Crippen molar-refractivity contribution in [3.63, 3.8) is 0 Å². The van der Waals surface area contributed by atoms with Crippen molar-refractivity contribution in [2.45, 2.75) is 40.2 Å². The number of fused-ring (bicyclic) bond motifs is 3. The van der Waals surface area contributed by atoms with Crippen LogP contribution in [0.25, 0.3) is 11.3 Å². The van der Waals surface area contributed by atoms with Gasteiger partial charge in [0.2, 0.25) is 0 Å². The van der Waals surface area contributed by atoms with Crippen molar-refractivity contribution in [3.05, 3.63) is 34.5 Å². The number of hydrogen-bond acceptors (Lipinski definition) is 4. The van der Waals surface area contributed by atoms with Crippen LogP contribution in [0.5, 0.6) is 11.5 Å². The first-order chi connectivity index (χ1) is 11.9. The molecule has 2 heterocycles. The molecule has 0 radical (unpaired) electrons. The van der Waals surface area contributed by atoms with E-state index < -0.39 is 0 Å². The van der Waals surface area contributed by atoms with Crippen molar-refractivity contribution in [1.29, 1.82) is 0 Å². The van der Waals surface area contributed by atoms with Gasteiger partial charge in [0.1, 0.15) is 0 Å². The fourth-order valence-corrected chi connectivity index (χ4v) is 3.82. The summed E-state index contributed by atoms with van der Waals surface area (Å²) < 4.78 is 18.5. The normalized spacial score (nSPS) is 15.4. The fraction of sp³-hybridized carbons (Fsp3) is 0.450. The lowest BCUT2D eigenvalue weighted by atomic mass is 9.92. The molecule has 0 amide bonds. The van der Waals surface area contributed by atoms with Gasteiger partial charge in [-0.25, -0.2) is 4.79 Å². The number of aromatic nitrogens is 1. The van der Waals surface area contributed by atoms with Crippen molar-refractivity contribution in [3.8, 4) is 22.8 Å². The summed E-state index contributed by atoms with van der Waals surface area (Å²) in [6.07, 6.45) is 0.875. The van der Waals surface area contributed by atoms with Crippen LogP contribution in [0.1, 0.15) is 47.1 Å². The van der Waals surface area contributed by atoms with Gasteiger partial charge in [-0.3, -0.25) is 0 Å². The van der Waals surface area contributed by atoms with Crippen LogP contribution in [0.3, 0.4) is 0 Å². The monoisotopic (exact) mass is 343 g/mol. The average molecular weight is 343 g/mol. The average Bonchev–Trinajstić information content (AvgIpc) is 2.86. The molecule has 0 bridgehead atoms. The van der Waals surface area contributed by atoms with Crippen LogP contribution < -0.4 is 9.47 Å². The molecular formula is C20H25NO4. The lowest BCUT2D eigenvalue weighted by molar-refractivity contribution is 0.0526. The maximum Gasteiger partial charge on any atom is 0.340 e. The molecule has 1 aliphatic rings. The summed E-state index contributed by atoms with van der Waals surface area (Å²) >= 11 is 0. The van der Waals surface area contributed by atoms with Crippen molar-refractivity contribution < 1.29 is 19.0 Å². The Hall–Kier alpha value is -2.43. The van der Waals surface area contributed by atoms with E-state index >= 15 is 0 Å². The second-order valence-corrected chi connectivity index (χ2v) is 6.44. The van der Waals surface area contributed by atoms with Crippen LogP contribution in [0.4, 0.5) is 0 Å². The second kappa shape index (κ2) is 6.47. The van der Waals surface area contributed by atoms with Gasteiger partial charge in [-0.2, -0.15) is 0 Å². The molecule has 1 atom stereocenters. The summed E-state index contributed by atoms with van der Waals surface area (Å²) in [6, 6.07) is 4.23. The van der Waals surface area contributed by atoms with Crippen molar-refractivity contribution in [1.82, 2.24) is 4.57 Å². The third-order valence-corrected chi connectivity index (χ3v) is 5.06. The molecular weight excluding hydrogens is 318 g/mol. The van der Waals surface area contributed by atoms with Crippen LogP contribution in [-0.2, 0) is 11.2 Å². The fourth-order valence-electron chi connectivity index (χ4n) is 3.82. The summed E-state index contributed by atoms with van der Waals surface area (Å²) in [5.41, 5.74) is 5.81. The first-order valence-electron chi connectivity index (χ1n) is 8.58. The minimum absolute atomic E-state index is 0.252. The number of methoxy groups -OCH3 is 2. The highest BCUT2D eigenvalue weighted by Crippen LogP contribution is 2.45. The summed E-state index contributed by atoms with van der Waals surface area (Å²) in [6.45, 7) is 8.40. The Morgan fingerprint density at radius 2 is 1.84 bits per heavy atom. The summed E-state index contributed by atoms with van der Waals surface area (Å²) in [7, 11) is 3.26. The SMILES string of the molecule is CCOC(=O)c1c(C)c(C)n2c1-c1cc(OC)c(OC)cc1CC2C. The van der Waals surface area contributed by atoms with Gasteiger partial charge in [0, 0.05) is 17.3 Å². The van der Waals surface area contributed by atoms with Crippen LogP contribution in [0.2, 0.25) is 0 Å². The highest BCUT2D eigenvalue weighted by atomic mass is 16.5. The van der Waals surface area contributed by atoms with Gasteiger partial charge in [-0.15, -0.1) is 0 Å². The Morgan fingerprint density at radius 3 is 2.44 bits per heavy atom. The quantitative estimate of drug-likeness (QED) is 0.785. The van der Waals surface area contributed by atoms with Gasteiger partial charge >= 0.3 is 5.97 Å². The Kier molecular flexibility index (Phi) is 4.50. The maximum absolute atomic E-state index is 12.7. The van der Waals surface area contributed by atoms with Gasteiger partial charge < -0.3 is 18.8 Å². The van der Waals surface area contributed by atoms with Gasteiger partial charge in [0.25, 0.3) is 0 Å². The molecule has 1 unspecified atom stereocenters. The molecule has 1 aromatic carbocycles. The first kappa shape index (κ1) is 17.4. The summed E-state index contributed by atoms with van der Waals surface area (Å²) in [4.78, 5) is 12.7. The van der Waals surface area contributed by atoms with E-state index in [9.17, 15) is 4.79 Å². The molecule has 0 aliphatic carbocycles.